The van der Waals surface area contributed by atoms with Crippen molar-refractivity contribution in [2.24, 2.45) is 0 Å². The Morgan fingerprint density at radius 1 is 1.37 bits per heavy atom. The molecule has 19 heavy (non-hydrogen) atoms. The predicted molar refractivity (Wildman–Crippen MR) is 69.2 cm³/mol. The Morgan fingerprint density at radius 2 is 2.00 bits per heavy atom. The second-order valence-electron chi connectivity index (χ2n) is 4.03. The second-order valence-corrected chi connectivity index (χ2v) is 4.03. The molecular weight excluding hydrogens is 248 g/mol. The zero-order valence-electron chi connectivity index (χ0n) is 11.0. The lowest BCUT2D eigenvalue weighted by Gasteiger charge is -2.21. The van der Waals surface area contributed by atoms with Crippen molar-refractivity contribution in [2.45, 2.75) is 26.0 Å². The quantitative estimate of drug-likeness (QED) is 0.765. The first-order chi connectivity index (χ1) is 9.04. The Hall–Kier alpha value is -2.08. The maximum atomic E-state index is 11.6. The van der Waals surface area contributed by atoms with Crippen LogP contribution in [0.25, 0.3) is 0 Å². The van der Waals surface area contributed by atoms with Crippen LogP contribution in [0.3, 0.4) is 0 Å². The van der Waals surface area contributed by atoms with Gasteiger partial charge in [0.15, 0.2) is 0 Å². The maximum Gasteiger partial charge on any atom is 0.424 e. The van der Waals surface area contributed by atoms with E-state index in [2.05, 4.69) is 5.43 Å². The third-order valence-electron chi connectivity index (χ3n) is 2.53. The molecule has 0 aromatic heterocycles. The third kappa shape index (κ3) is 4.97. The van der Waals surface area contributed by atoms with Gasteiger partial charge < -0.3 is 9.84 Å². The molecule has 1 rings (SSSR count). The van der Waals surface area contributed by atoms with Gasteiger partial charge in [0.25, 0.3) is 0 Å². The molecule has 0 saturated heterocycles. The summed E-state index contributed by atoms with van der Waals surface area (Å²) in [6, 6.07) is 8.44. The number of amides is 1. The van der Waals surface area contributed by atoms with E-state index in [1.165, 1.54) is 7.05 Å². The van der Waals surface area contributed by atoms with Crippen molar-refractivity contribution in [3.63, 3.8) is 0 Å². The summed E-state index contributed by atoms with van der Waals surface area (Å²) in [6.07, 6.45) is -0.255. The number of aliphatic carboxylic acids is 1. The van der Waals surface area contributed by atoms with Gasteiger partial charge >= 0.3 is 12.1 Å². The molecule has 1 aromatic rings. The summed E-state index contributed by atoms with van der Waals surface area (Å²) in [6.45, 7) is 1.87. The van der Waals surface area contributed by atoms with Crippen molar-refractivity contribution < 1.29 is 19.4 Å². The van der Waals surface area contributed by atoms with Gasteiger partial charge in [-0.25, -0.2) is 15.2 Å². The van der Waals surface area contributed by atoms with Gasteiger partial charge in [-0.3, -0.25) is 4.79 Å². The van der Waals surface area contributed by atoms with Crippen molar-refractivity contribution >= 4 is 12.1 Å². The molecule has 0 aliphatic carbocycles. The van der Waals surface area contributed by atoms with Crippen LogP contribution in [0.4, 0.5) is 4.79 Å². The highest BCUT2D eigenvalue weighted by Crippen LogP contribution is 2.02. The van der Waals surface area contributed by atoms with Crippen LogP contribution in [0.1, 0.15) is 18.9 Å². The Labute approximate surface area is 111 Å². The molecule has 0 bridgehead atoms. The van der Waals surface area contributed by atoms with Crippen molar-refractivity contribution in [1.82, 2.24) is 10.4 Å². The fraction of sp³-hybridized carbons (Fsp3) is 0.385. The van der Waals surface area contributed by atoms with Gasteiger partial charge in [-0.15, -0.1) is 0 Å². The molecule has 0 unspecified atom stereocenters. The molecule has 0 aliphatic rings. The maximum absolute atomic E-state index is 11.6. The van der Waals surface area contributed by atoms with E-state index in [1.54, 1.807) is 6.92 Å². The number of hydrogen-bond acceptors (Lipinski definition) is 4. The second kappa shape index (κ2) is 7.38. The number of carbonyl (C=O) groups excluding carboxylic acids is 1. The van der Waals surface area contributed by atoms with Crippen LogP contribution in [0.2, 0.25) is 0 Å². The summed E-state index contributed by atoms with van der Waals surface area (Å²) in [5, 5.41) is 9.92. The summed E-state index contributed by atoms with van der Waals surface area (Å²) in [7, 11) is 1.43. The van der Waals surface area contributed by atoms with E-state index < -0.39 is 18.1 Å². The molecule has 1 amide bonds. The summed E-state index contributed by atoms with van der Waals surface area (Å²) in [4.78, 5) is 22.5. The summed E-state index contributed by atoms with van der Waals surface area (Å²) in [5.74, 6) is -1.01. The smallest absolute Gasteiger partial charge is 0.424 e. The zero-order chi connectivity index (χ0) is 14.3. The van der Waals surface area contributed by atoms with E-state index in [-0.39, 0.29) is 6.61 Å². The number of rotatable bonds is 6. The normalized spacial score (nSPS) is 11.7. The molecular formula is C13H18N2O4. The number of carbonyl (C=O) groups is 2. The minimum absolute atomic E-state index is 0.148. The molecule has 0 aliphatic heterocycles. The predicted octanol–water partition coefficient (Wildman–Crippen LogP) is 1.62. The van der Waals surface area contributed by atoms with Crippen molar-refractivity contribution in [3.05, 3.63) is 35.9 Å². The van der Waals surface area contributed by atoms with E-state index in [0.717, 1.165) is 10.6 Å². The van der Waals surface area contributed by atoms with Gasteiger partial charge in [0.1, 0.15) is 12.6 Å². The molecule has 104 valence electrons. The molecule has 6 heteroatoms. The topological polar surface area (TPSA) is 78.9 Å². The highest BCUT2D eigenvalue weighted by Gasteiger charge is 2.19. The lowest BCUT2D eigenvalue weighted by atomic mass is 10.2. The van der Waals surface area contributed by atoms with Crippen LogP contribution in [0.15, 0.2) is 30.3 Å². The minimum atomic E-state index is -1.01. The average Bonchev–Trinajstić information content (AvgIpc) is 2.42. The van der Waals surface area contributed by atoms with Crippen molar-refractivity contribution in [3.8, 4) is 0 Å². The number of nitrogens with one attached hydrogen (secondary N) is 1. The van der Waals surface area contributed by atoms with Crippen molar-refractivity contribution in [2.75, 3.05) is 7.05 Å². The lowest BCUT2D eigenvalue weighted by Crippen LogP contribution is -2.49. The standard InChI is InChI=1S/C13H18N2O4/c1-3-11(12(16)17)14-15(2)13(18)19-9-10-7-5-4-6-8-10/h4-8,11,14H,3,9H2,1-2H3,(H,16,17)/t11-/m0/s1. The Kier molecular flexibility index (Phi) is 5.81. The van der Waals surface area contributed by atoms with Crippen LogP contribution >= 0.6 is 0 Å². The third-order valence-corrected chi connectivity index (χ3v) is 2.53. The number of nitrogens with zero attached hydrogens (tertiary/aromatic N) is 1. The van der Waals surface area contributed by atoms with E-state index in [4.69, 9.17) is 9.84 Å². The summed E-state index contributed by atoms with van der Waals surface area (Å²) < 4.78 is 5.05. The van der Waals surface area contributed by atoms with Gasteiger partial charge in [-0.05, 0) is 12.0 Å². The van der Waals surface area contributed by atoms with E-state index in [1.807, 2.05) is 30.3 Å². The first kappa shape index (κ1) is 15.0. The Morgan fingerprint density at radius 3 is 2.53 bits per heavy atom. The van der Waals surface area contributed by atoms with Crippen LogP contribution in [-0.2, 0) is 16.1 Å². The van der Waals surface area contributed by atoms with Crippen LogP contribution < -0.4 is 5.43 Å². The minimum Gasteiger partial charge on any atom is -0.480 e. The van der Waals surface area contributed by atoms with Gasteiger partial charge in [-0.2, -0.15) is 0 Å². The molecule has 0 fully saturated rings. The Balaban J connectivity index is 2.42. The van der Waals surface area contributed by atoms with E-state index in [0.29, 0.717) is 6.42 Å². The molecule has 1 aromatic carbocycles. The molecule has 0 saturated carbocycles. The van der Waals surface area contributed by atoms with Crippen LogP contribution in [0, 0.1) is 0 Å². The largest absolute Gasteiger partial charge is 0.480 e. The SMILES string of the molecule is CC[C@H](NN(C)C(=O)OCc1ccccc1)C(=O)O. The monoisotopic (exact) mass is 266 g/mol. The highest BCUT2D eigenvalue weighted by molar-refractivity contribution is 5.74. The number of hydrogen-bond donors (Lipinski definition) is 2. The number of carboxylic acids is 1. The van der Waals surface area contributed by atoms with Gasteiger partial charge in [-0.1, -0.05) is 37.3 Å². The zero-order valence-corrected chi connectivity index (χ0v) is 11.0. The number of ether oxygens (including phenoxy) is 1. The van der Waals surface area contributed by atoms with Gasteiger partial charge in [0.05, 0.1) is 0 Å². The van der Waals surface area contributed by atoms with Gasteiger partial charge in [0.2, 0.25) is 0 Å². The fourth-order valence-corrected chi connectivity index (χ4v) is 1.42. The lowest BCUT2D eigenvalue weighted by molar-refractivity contribution is -0.140. The molecule has 2 N–H and O–H groups in total. The van der Waals surface area contributed by atoms with E-state index in [9.17, 15) is 9.59 Å². The number of hydrazine groups is 1. The summed E-state index contributed by atoms with van der Waals surface area (Å²) >= 11 is 0. The number of benzene rings is 1. The average molecular weight is 266 g/mol. The Bertz CT molecular complexity index is 422. The molecule has 0 spiro atoms. The number of carboxylic acid groups (broad SMARTS) is 1. The summed E-state index contributed by atoms with van der Waals surface area (Å²) in [5.41, 5.74) is 3.43. The van der Waals surface area contributed by atoms with Crippen LogP contribution in [0.5, 0.6) is 0 Å². The highest BCUT2D eigenvalue weighted by atomic mass is 16.6. The molecule has 1 atom stereocenters. The van der Waals surface area contributed by atoms with Crippen LogP contribution in [-0.4, -0.2) is 35.3 Å². The molecule has 0 heterocycles. The van der Waals surface area contributed by atoms with Crippen molar-refractivity contribution in [1.29, 1.82) is 0 Å². The molecule has 6 nitrogen and oxygen atoms in total. The first-order valence-electron chi connectivity index (χ1n) is 5.98. The first-order valence-corrected chi connectivity index (χ1v) is 5.98. The van der Waals surface area contributed by atoms with Gasteiger partial charge in [0, 0.05) is 7.05 Å². The molecule has 0 radical (unpaired) electrons. The fourth-order valence-electron chi connectivity index (χ4n) is 1.42. The van der Waals surface area contributed by atoms with E-state index >= 15 is 0 Å².